The van der Waals surface area contributed by atoms with Gasteiger partial charge in [0.2, 0.25) is 0 Å². The summed E-state index contributed by atoms with van der Waals surface area (Å²) in [5.74, 6) is 0. The van der Waals surface area contributed by atoms with Crippen molar-refractivity contribution in [3.05, 3.63) is 11.4 Å². The molecule has 1 saturated heterocycles. The van der Waals surface area contributed by atoms with E-state index in [0.717, 1.165) is 6.42 Å². The van der Waals surface area contributed by atoms with E-state index in [2.05, 4.69) is 0 Å². The summed E-state index contributed by atoms with van der Waals surface area (Å²) < 4.78 is 32.5. The predicted molar refractivity (Wildman–Crippen MR) is 72.1 cm³/mol. The van der Waals surface area contributed by atoms with Gasteiger partial charge in [-0.1, -0.05) is 6.92 Å². The molecule has 2 N–H and O–H groups in total. The number of sulfonamides is 1. The van der Waals surface area contributed by atoms with Gasteiger partial charge in [-0.3, -0.25) is 0 Å². The molecule has 0 bridgehead atoms. The number of rotatable bonds is 3. The Balaban J connectivity index is 2.32. The molecule has 2 atom stereocenters. The van der Waals surface area contributed by atoms with Crippen molar-refractivity contribution in [3.8, 4) is 0 Å². The predicted octanol–water partition coefficient (Wildman–Crippen LogP) is 1.52. The molecule has 0 amide bonds. The first-order valence-corrected chi connectivity index (χ1v) is 8.24. The standard InChI is InChI=1S/C11H18N2O3S2/c1-3-10-6-16-8(2)5-13(10)18(14,15)11-4-9(12)7-17-11/h4,7-8,10H,3,5-6,12H2,1-2H3. The first-order chi connectivity index (χ1) is 8.45. The molecule has 5 nitrogen and oxygen atoms in total. The highest BCUT2D eigenvalue weighted by molar-refractivity contribution is 7.91. The van der Waals surface area contributed by atoms with E-state index in [0.29, 0.717) is 23.0 Å². The fourth-order valence-electron chi connectivity index (χ4n) is 2.01. The number of hydrogen-bond donors (Lipinski definition) is 1. The number of anilines is 1. The Bertz CT molecular complexity index is 512. The molecule has 1 fully saturated rings. The Labute approximate surface area is 112 Å². The van der Waals surface area contributed by atoms with Crippen molar-refractivity contribution < 1.29 is 13.2 Å². The Morgan fingerprint density at radius 1 is 1.61 bits per heavy atom. The first-order valence-electron chi connectivity index (χ1n) is 5.92. The molecule has 7 heteroatoms. The highest BCUT2D eigenvalue weighted by Crippen LogP contribution is 2.29. The number of nitrogen functional groups attached to an aromatic ring is 1. The molecule has 2 rings (SSSR count). The summed E-state index contributed by atoms with van der Waals surface area (Å²) in [4.78, 5) is 0. The molecule has 0 aliphatic carbocycles. The topological polar surface area (TPSA) is 72.6 Å². The minimum Gasteiger partial charge on any atom is -0.398 e. The number of nitrogens with two attached hydrogens (primary N) is 1. The molecule has 0 radical (unpaired) electrons. The van der Waals surface area contributed by atoms with Crippen molar-refractivity contribution in [2.45, 2.75) is 36.6 Å². The van der Waals surface area contributed by atoms with Crippen LogP contribution in [0, 0.1) is 0 Å². The molecule has 1 aliphatic rings. The highest BCUT2D eigenvalue weighted by Gasteiger charge is 2.36. The Morgan fingerprint density at radius 3 is 2.89 bits per heavy atom. The van der Waals surface area contributed by atoms with Gasteiger partial charge >= 0.3 is 0 Å². The second-order valence-electron chi connectivity index (χ2n) is 4.48. The molecule has 102 valence electrons. The summed E-state index contributed by atoms with van der Waals surface area (Å²) in [5.41, 5.74) is 6.10. The molecule has 2 heterocycles. The molecule has 0 spiro atoms. The molecule has 1 aliphatic heterocycles. The lowest BCUT2D eigenvalue weighted by Gasteiger charge is -2.36. The summed E-state index contributed by atoms with van der Waals surface area (Å²) in [6.45, 7) is 4.71. The van der Waals surface area contributed by atoms with Crippen LogP contribution in [-0.4, -0.2) is 38.0 Å². The molecule has 1 aromatic heterocycles. The second kappa shape index (κ2) is 5.16. The van der Waals surface area contributed by atoms with Crippen molar-refractivity contribution in [3.63, 3.8) is 0 Å². The van der Waals surface area contributed by atoms with Crippen LogP contribution in [0.2, 0.25) is 0 Å². The van der Waals surface area contributed by atoms with Gasteiger partial charge in [-0.2, -0.15) is 4.31 Å². The first kappa shape index (κ1) is 13.8. The van der Waals surface area contributed by atoms with Crippen LogP contribution in [0.5, 0.6) is 0 Å². The molecular formula is C11H18N2O3S2. The van der Waals surface area contributed by atoms with Gasteiger partial charge in [-0.25, -0.2) is 8.42 Å². The third-order valence-corrected chi connectivity index (χ3v) is 6.40. The van der Waals surface area contributed by atoms with Crippen LogP contribution >= 0.6 is 11.3 Å². The third-order valence-electron chi connectivity index (χ3n) is 3.05. The maximum Gasteiger partial charge on any atom is 0.253 e. The van der Waals surface area contributed by atoms with Gasteiger partial charge in [-0.15, -0.1) is 11.3 Å². The highest BCUT2D eigenvalue weighted by atomic mass is 32.2. The van der Waals surface area contributed by atoms with Crippen LogP contribution in [0.4, 0.5) is 5.69 Å². The quantitative estimate of drug-likeness (QED) is 0.916. The summed E-state index contributed by atoms with van der Waals surface area (Å²) in [6, 6.07) is 1.43. The zero-order valence-corrected chi connectivity index (χ0v) is 12.1. The number of ether oxygens (including phenoxy) is 1. The summed E-state index contributed by atoms with van der Waals surface area (Å²) in [5, 5.41) is 1.65. The lowest BCUT2D eigenvalue weighted by Crippen LogP contribution is -2.50. The van der Waals surface area contributed by atoms with E-state index in [9.17, 15) is 8.42 Å². The Kier molecular flexibility index (Phi) is 3.96. The molecule has 0 saturated carbocycles. The maximum absolute atomic E-state index is 12.5. The van der Waals surface area contributed by atoms with Crippen LogP contribution in [0.15, 0.2) is 15.7 Å². The van der Waals surface area contributed by atoms with Gasteiger partial charge < -0.3 is 10.5 Å². The number of thiophene rings is 1. The van der Waals surface area contributed by atoms with E-state index in [-0.39, 0.29) is 12.1 Å². The Hall–Kier alpha value is -0.630. The number of hydrogen-bond acceptors (Lipinski definition) is 5. The van der Waals surface area contributed by atoms with Crippen molar-refractivity contribution in [1.82, 2.24) is 4.31 Å². The SMILES string of the molecule is CCC1COC(C)CN1S(=O)(=O)c1cc(N)cs1. The summed E-state index contributed by atoms with van der Waals surface area (Å²) in [7, 11) is -3.44. The summed E-state index contributed by atoms with van der Waals surface area (Å²) in [6.07, 6.45) is 0.673. The molecule has 18 heavy (non-hydrogen) atoms. The van der Waals surface area contributed by atoms with Gasteiger partial charge in [0.25, 0.3) is 10.0 Å². The van der Waals surface area contributed by atoms with Crippen molar-refractivity contribution in [1.29, 1.82) is 0 Å². The van der Waals surface area contributed by atoms with E-state index in [4.69, 9.17) is 10.5 Å². The van der Waals surface area contributed by atoms with Gasteiger partial charge in [0.1, 0.15) is 4.21 Å². The van der Waals surface area contributed by atoms with E-state index < -0.39 is 10.0 Å². The van der Waals surface area contributed by atoms with Gasteiger partial charge in [-0.05, 0) is 19.4 Å². The van der Waals surface area contributed by atoms with E-state index in [1.807, 2.05) is 13.8 Å². The number of morpholine rings is 1. The second-order valence-corrected chi connectivity index (χ2v) is 7.51. The van der Waals surface area contributed by atoms with Crippen molar-refractivity contribution >= 4 is 27.0 Å². The monoisotopic (exact) mass is 290 g/mol. The van der Waals surface area contributed by atoms with Gasteiger partial charge in [0.05, 0.1) is 12.7 Å². The molecule has 1 aromatic rings. The van der Waals surface area contributed by atoms with Crippen LogP contribution < -0.4 is 5.73 Å². The van der Waals surface area contributed by atoms with Crippen molar-refractivity contribution in [2.75, 3.05) is 18.9 Å². The normalized spacial score (nSPS) is 26.3. The van der Waals surface area contributed by atoms with E-state index in [1.54, 1.807) is 9.69 Å². The molecule has 0 aromatic carbocycles. The molecular weight excluding hydrogens is 272 g/mol. The molecule has 2 unspecified atom stereocenters. The van der Waals surface area contributed by atoms with Crippen LogP contribution in [-0.2, 0) is 14.8 Å². The maximum atomic E-state index is 12.5. The van der Waals surface area contributed by atoms with E-state index in [1.165, 1.54) is 17.4 Å². The van der Waals surface area contributed by atoms with Crippen molar-refractivity contribution in [2.24, 2.45) is 0 Å². The third kappa shape index (κ3) is 2.54. The zero-order valence-electron chi connectivity index (χ0n) is 10.5. The zero-order chi connectivity index (χ0) is 13.3. The van der Waals surface area contributed by atoms with E-state index >= 15 is 0 Å². The summed E-state index contributed by atoms with van der Waals surface area (Å²) >= 11 is 1.17. The van der Waals surface area contributed by atoms with Crippen LogP contribution in [0.3, 0.4) is 0 Å². The average molecular weight is 290 g/mol. The van der Waals surface area contributed by atoms with Crippen LogP contribution in [0.25, 0.3) is 0 Å². The largest absolute Gasteiger partial charge is 0.398 e. The smallest absolute Gasteiger partial charge is 0.253 e. The Morgan fingerprint density at radius 2 is 2.33 bits per heavy atom. The minimum atomic E-state index is -3.44. The number of nitrogens with zero attached hydrogens (tertiary/aromatic N) is 1. The fraction of sp³-hybridized carbons (Fsp3) is 0.636. The van der Waals surface area contributed by atoms with Gasteiger partial charge in [0.15, 0.2) is 0 Å². The average Bonchev–Trinajstić information content (AvgIpc) is 2.76. The lowest BCUT2D eigenvalue weighted by molar-refractivity contribution is -0.0229. The minimum absolute atomic E-state index is 0.0696. The lowest BCUT2D eigenvalue weighted by atomic mass is 10.2. The fourth-order valence-corrected chi connectivity index (χ4v) is 4.98. The van der Waals surface area contributed by atoms with Crippen LogP contribution in [0.1, 0.15) is 20.3 Å². The van der Waals surface area contributed by atoms with Gasteiger partial charge in [0, 0.05) is 23.7 Å².